The Labute approximate surface area is 151 Å². The molecule has 28 heavy (non-hydrogen) atoms. The van der Waals surface area contributed by atoms with Gasteiger partial charge in [0.15, 0.2) is 27.7 Å². The molecule has 2 aromatic rings. The molecular formula is C13H11F9N2O3S. The van der Waals surface area contributed by atoms with Gasteiger partial charge in [-0.1, -0.05) is 0 Å². The van der Waals surface area contributed by atoms with E-state index >= 15 is 0 Å². The van der Waals surface area contributed by atoms with Crippen LogP contribution in [0.1, 0.15) is 11.4 Å². The van der Waals surface area contributed by atoms with Crippen molar-refractivity contribution in [3.63, 3.8) is 0 Å². The number of hydrogen-bond acceptors (Lipinski definition) is 3. The largest absolute Gasteiger partial charge is 0.741 e. The standard InChI is InChI=1S/C12H11F6N2.CHF3O3S/c1-7-19(2)9-4-3-8(12(16,17)18)5-10(9)20(7)6-11(13,14)15;2-1(3,4)8(5,6)7/h3-5H,6H2,1-2H3;(H,5,6,7)/q+1;/p-1. The molecule has 0 aliphatic carbocycles. The van der Waals surface area contributed by atoms with Gasteiger partial charge < -0.3 is 4.55 Å². The van der Waals surface area contributed by atoms with Gasteiger partial charge in [-0.3, -0.25) is 0 Å². The van der Waals surface area contributed by atoms with Gasteiger partial charge >= 0.3 is 17.9 Å². The molecule has 0 unspecified atom stereocenters. The molecule has 1 heterocycles. The predicted molar refractivity (Wildman–Crippen MR) is 74.7 cm³/mol. The molecule has 0 amide bonds. The Morgan fingerprint density at radius 3 is 1.86 bits per heavy atom. The van der Waals surface area contributed by atoms with Crippen LogP contribution in [0.4, 0.5) is 39.5 Å². The number of hydrogen-bond donors (Lipinski definition) is 0. The first-order valence-electron chi connectivity index (χ1n) is 6.90. The van der Waals surface area contributed by atoms with E-state index in [0.717, 1.165) is 16.7 Å². The minimum Gasteiger partial charge on any atom is -0.741 e. The van der Waals surface area contributed by atoms with Gasteiger partial charge in [0.25, 0.3) is 5.82 Å². The van der Waals surface area contributed by atoms with Crippen LogP contribution in [0.25, 0.3) is 11.0 Å². The lowest BCUT2D eigenvalue weighted by Crippen LogP contribution is -2.32. The van der Waals surface area contributed by atoms with E-state index in [-0.39, 0.29) is 11.3 Å². The lowest BCUT2D eigenvalue weighted by molar-refractivity contribution is -0.652. The topological polar surface area (TPSA) is 66.0 Å². The summed E-state index contributed by atoms with van der Waals surface area (Å²) < 4.78 is 137. The molecule has 0 aliphatic rings. The minimum atomic E-state index is -6.09. The Morgan fingerprint density at radius 1 is 1.04 bits per heavy atom. The first-order chi connectivity index (χ1) is 12.3. The van der Waals surface area contributed by atoms with Crippen LogP contribution in [0.2, 0.25) is 0 Å². The first-order valence-corrected chi connectivity index (χ1v) is 8.31. The SMILES string of the molecule is Cc1n(CC(F)(F)F)c2cc(C(F)(F)F)ccc2[n+]1C.O=S(=O)([O-])C(F)(F)F. The molecule has 5 nitrogen and oxygen atoms in total. The highest BCUT2D eigenvalue weighted by molar-refractivity contribution is 7.86. The zero-order valence-electron chi connectivity index (χ0n) is 13.9. The van der Waals surface area contributed by atoms with Crippen LogP contribution < -0.4 is 4.57 Å². The highest BCUT2D eigenvalue weighted by Crippen LogP contribution is 2.32. The summed E-state index contributed by atoms with van der Waals surface area (Å²) in [6.07, 6.45) is -9.09. The maximum Gasteiger partial charge on any atom is 0.485 e. The van der Waals surface area contributed by atoms with Gasteiger partial charge in [0.1, 0.15) is 0 Å². The number of rotatable bonds is 1. The summed E-state index contributed by atoms with van der Waals surface area (Å²) in [5.74, 6) is 0.233. The van der Waals surface area contributed by atoms with Crippen molar-refractivity contribution < 1.29 is 57.1 Å². The third kappa shape index (κ3) is 5.73. The van der Waals surface area contributed by atoms with E-state index in [2.05, 4.69) is 0 Å². The smallest absolute Gasteiger partial charge is 0.485 e. The van der Waals surface area contributed by atoms with Crippen LogP contribution in [-0.4, -0.2) is 29.2 Å². The molecule has 160 valence electrons. The number of alkyl halides is 9. The van der Waals surface area contributed by atoms with Gasteiger partial charge in [0, 0.05) is 13.0 Å². The second kappa shape index (κ2) is 7.42. The van der Waals surface area contributed by atoms with E-state index in [1.807, 2.05) is 0 Å². The summed E-state index contributed by atoms with van der Waals surface area (Å²) in [5, 5.41) is 0. The fourth-order valence-corrected chi connectivity index (χ4v) is 2.11. The number of nitrogens with zero attached hydrogens (tertiary/aromatic N) is 2. The zero-order chi connectivity index (χ0) is 22.3. The normalized spacial score (nSPS) is 13.4. The third-order valence-electron chi connectivity index (χ3n) is 3.45. The van der Waals surface area contributed by atoms with Crippen LogP contribution in [0.3, 0.4) is 0 Å². The molecule has 15 heteroatoms. The molecule has 0 atom stereocenters. The van der Waals surface area contributed by atoms with E-state index in [0.29, 0.717) is 5.52 Å². The van der Waals surface area contributed by atoms with Crippen molar-refractivity contribution in [1.29, 1.82) is 0 Å². The van der Waals surface area contributed by atoms with Crippen LogP contribution in [0.5, 0.6) is 0 Å². The average molecular weight is 446 g/mol. The lowest BCUT2D eigenvalue weighted by atomic mass is 10.2. The van der Waals surface area contributed by atoms with Crippen molar-refractivity contribution in [1.82, 2.24) is 4.57 Å². The van der Waals surface area contributed by atoms with Gasteiger partial charge in [0.05, 0.1) is 12.6 Å². The Bertz CT molecular complexity index is 957. The number of benzene rings is 1. The number of halogens is 9. The van der Waals surface area contributed by atoms with E-state index in [1.54, 1.807) is 0 Å². The maximum absolute atomic E-state index is 12.7. The summed E-state index contributed by atoms with van der Waals surface area (Å²) in [5.41, 5.74) is -6.38. The lowest BCUT2D eigenvalue weighted by Gasteiger charge is -2.08. The molecule has 0 N–H and O–H groups in total. The highest BCUT2D eigenvalue weighted by Gasteiger charge is 2.37. The summed E-state index contributed by atoms with van der Waals surface area (Å²) in [4.78, 5) is 0. The van der Waals surface area contributed by atoms with Crippen LogP contribution in [0.15, 0.2) is 18.2 Å². The number of fused-ring (bicyclic) bond motifs is 1. The molecule has 0 saturated carbocycles. The monoisotopic (exact) mass is 446 g/mol. The van der Waals surface area contributed by atoms with Crippen LogP contribution >= 0.6 is 0 Å². The third-order valence-corrected chi connectivity index (χ3v) is 4.02. The number of aryl methyl sites for hydroxylation is 1. The Hall–Kier alpha value is -2.03. The minimum absolute atomic E-state index is 0.0860. The zero-order valence-corrected chi connectivity index (χ0v) is 14.7. The van der Waals surface area contributed by atoms with Crippen LogP contribution in [0, 0.1) is 6.92 Å². The highest BCUT2D eigenvalue weighted by atomic mass is 32.2. The molecule has 0 spiro atoms. The predicted octanol–water partition coefficient (Wildman–Crippen LogP) is 3.41. The van der Waals surface area contributed by atoms with Gasteiger partial charge in [-0.2, -0.15) is 39.5 Å². The van der Waals surface area contributed by atoms with Gasteiger partial charge in [-0.05, 0) is 12.1 Å². The molecule has 0 bridgehead atoms. The first kappa shape index (κ1) is 24.0. The van der Waals surface area contributed by atoms with Crippen molar-refractivity contribution in [2.24, 2.45) is 7.05 Å². The summed E-state index contributed by atoms with van der Waals surface area (Å²) in [7, 11) is -4.58. The van der Waals surface area contributed by atoms with Gasteiger partial charge in [-0.15, -0.1) is 0 Å². The molecule has 0 fully saturated rings. The Balaban J connectivity index is 0.000000416. The molecule has 1 aromatic carbocycles. The van der Waals surface area contributed by atoms with Crippen molar-refractivity contribution in [3.8, 4) is 0 Å². The Morgan fingerprint density at radius 2 is 1.50 bits per heavy atom. The molecule has 0 aliphatic heterocycles. The summed E-state index contributed by atoms with van der Waals surface area (Å²) in [6, 6.07) is 2.78. The van der Waals surface area contributed by atoms with Gasteiger partial charge in [0.2, 0.25) is 0 Å². The number of imidazole rings is 1. The summed E-state index contributed by atoms with van der Waals surface area (Å²) >= 11 is 0. The Kier molecular flexibility index (Phi) is 6.36. The number of aromatic nitrogens is 2. The molecule has 0 radical (unpaired) electrons. The van der Waals surface area contributed by atoms with E-state index in [9.17, 15) is 39.5 Å². The van der Waals surface area contributed by atoms with Crippen molar-refractivity contribution in [3.05, 3.63) is 29.6 Å². The second-order valence-corrected chi connectivity index (χ2v) is 6.78. The molecule has 2 rings (SSSR count). The van der Waals surface area contributed by atoms with Crippen molar-refractivity contribution >= 4 is 21.2 Å². The average Bonchev–Trinajstić information content (AvgIpc) is 2.68. The molecule has 0 saturated heterocycles. The van der Waals surface area contributed by atoms with E-state index < -0.39 is 40.1 Å². The molecule has 1 aromatic heterocycles. The fraction of sp³-hybridized carbons (Fsp3) is 0.462. The van der Waals surface area contributed by atoms with Crippen LogP contribution in [-0.2, 0) is 29.9 Å². The van der Waals surface area contributed by atoms with Crippen molar-refractivity contribution in [2.75, 3.05) is 0 Å². The molecular weight excluding hydrogens is 435 g/mol. The second-order valence-electron chi connectivity index (χ2n) is 5.41. The maximum atomic E-state index is 12.7. The quantitative estimate of drug-likeness (QED) is 0.292. The van der Waals surface area contributed by atoms with Gasteiger partial charge in [-0.25, -0.2) is 17.6 Å². The fourth-order valence-electron chi connectivity index (χ4n) is 2.11. The van der Waals surface area contributed by atoms with E-state index in [1.165, 1.54) is 24.6 Å². The van der Waals surface area contributed by atoms with Crippen molar-refractivity contribution in [2.45, 2.75) is 31.3 Å². The van der Waals surface area contributed by atoms with E-state index in [4.69, 9.17) is 13.0 Å². The summed E-state index contributed by atoms with van der Waals surface area (Å²) in [6.45, 7) is 0.108.